The van der Waals surface area contributed by atoms with Crippen molar-refractivity contribution in [2.75, 3.05) is 13.1 Å². The van der Waals surface area contributed by atoms with Crippen LogP contribution in [0.4, 0.5) is 0 Å². The highest BCUT2D eigenvalue weighted by Crippen LogP contribution is 2.26. The molecule has 0 aromatic heterocycles. The van der Waals surface area contributed by atoms with E-state index in [0.29, 0.717) is 10.5 Å². The van der Waals surface area contributed by atoms with Gasteiger partial charge in [0.05, 0.1) is 0 Å². The molecule has 1 amide bonds. The van der Waals surface area contributed by atoms with Gasteiger partial charge in [0.1, 0.15) is 0 Å². The van der Waals surface area contributed by atoms with E-state index < -0.39 is 0 Å². The van der Waals surface area contributed by atoms with Crippen LogP contribution in [0, 0.1) is 0 Å². The second-order valence-electron chi connectivity index (χ2n) is 4.48. The van der Waals surface area contributed by atoms with Gasteiger partial charge in [-0.3, -0.25) is 4.79 Å². The van der Waals surface area contributed by atoms with Crippen molar-refractivity contribution in [1.82, 2.24) is 4.90 Å². The summed E-state index contributed by atoms with van der Waals surface area (Å²) in [6, 6.07) is 7.61. The lowest BCUT2D eigenvalue weighted by atomic mass is 10.2. The molecule has 1 heterocycles. The van der Waals surface area contributed by atoms with E-state index >= 15 is 0 Å². The minimum atomic E-state index is 0.144. The number of amides is 1. The molecule has 17 heavy (non-hydrogen) atoms. The molecular weight excluding hydrogens is 298 g/mol. The third kappa shape index (κ3) is 3.26. The number of thioether (sulfide) groups is 1. The van der Waals surface area contributed by atoms with Gasteiger partial charge >= 0.3 is 0 Å². The van der Waals surface area contributed by atoms with Crippen LogP contribution in [0.3, 0.4) is 0 Å². The Hall–Kier alpha value is -0.480. The Morgan fingerprint density at radius 1 is 1.35 bits per heavy atom. The van der Waals surface area contributed by atoms with Crippen molar-refractivity contribution in [3.8, 4) is 0 Å². The van der Waals surface area contributed by atoms with Gasteiger partial charge in [0.15, 0.2) is 0 Å². The summed E-state index contributed by atoms with van der Waals surface area (Å²) in [6.45, 7) is 6.06. The molecule has 1 saturated heterocycles. The van der Waals surface area contributed by atoms with E-state index in [1.807, 2.05) is 40.9 Å². The van der Waals surface area contributed by atoms with Crippen LogP contribution >= 0.6 is 27.7 Å². The molecule has 2 rings (SSSR count). The smallest absolute Gasteiger partial charge is 0.253 e. The van der Waals surface area contributed by atoms with Crippen LogP contribution in [0.15, 0.2) is 28.7 Å². The average molecular weight is 314 g/mol. The summed E-state index contributed by atoms with van der Waals surface area (Å²) >= 11 is 5.36. The van der Waals surface area contributed by atoms with Crippen molar-refractivity contribution in [1.29, 1.82) is 0 Å². The van der Waals surface area contributed by atoms with Gasteiger partial charge in [0, 0.05) is 33.6 Å². The van der Waals surface area contributed by atoms with Crippen molar-refractivity contribution >= 4 is 33.6 Å². The first-order valence-corrected chi connectivity index (χ1v) is 7.50. The maximum Gasteiger partial charge on any atom is 0.253 e. The maximum atomic E-state index is 12.3. The summed E-state index contributed by atoms with van der Waals surface area (Å²) in [7, 11) is 0. The number of hydrogen-bond donors (Lipinski definition) is 0. The summed E-state index contributed by atoms with van der Waals surface area (Å²) < 4.78 is 0.954. The number of nitrogens with zero attached hydrogens (tertiary/aromatic N) is 1. The van der Waals surface area contributed by atoms with Gasteiger partial charge in [-0.2, -0.15) is 11.8 Å². The van der Waals surface area contributed by atoms with E-state index in [4.69, 9.17) is 0 Å². The molecule has 1 aromatic carbocycles. The molecule has 4 heteroatoms. The second-order valence-corrected chi connectivity index (χ2v) is 7.28. The third-order valence-electron chi connectivity index (χ3n) is 2.78. The molecule has 1 aliphatic heterocycles. The molecule has 0 bridgehead atoms. The molecule has 92 valence electrons. The Labute approximate surface area is 115 Å². The fourth-order valence-electron chi connectivity index (χ4n) is 2.15. The molecule has 0 spiro atoms. The quantitative estimate of drug-likeness (QED) is 0.792. The van der Waals surface area contributed by atoms with Crippen molar-refractivity contribution in [3.63, 3.8) is 0 Å². The van der Waals surface area contributed by atoms with Gasteiger partial charge in [-0.05, 0) is 18.2 Å². The van der Waals surface area contributed by atoms with E-state index in [2.05, 4.69) is 29.8 Å². The molecule has 0 aliphatic carbocycles. The molecular formula is C13H16BrNOS. The molecule has 0 N–H and O–H groups in total. The van der Waals surface area contributed by atoms with Crippen LogP contribution in [0.2, 0.25) is 0 Å². The first-order chi connectivity index (χ1) is 8.06. The van der Waals surface area contributed by atoms with Gasteiger partial charge in [-0.25, -0.2) is 0 Å². The number of halogens is 1. The number of carbonyl (C=O) groups is 1. The predicted octanol–water partition coefficient (Wildman–Crippen LogP) is 3.42. The molecule has 1 fully saturated rings. The number of benzene rings is 1. The van der Waals surface area contributed by atoms with Gasteiger partial charge in [-0.1, -0.05) is 35.8 Å². The lowest BCUT2D eigenvalue weighted by Crippen LogP contribution is -2.44. The standard InChI is InChI=1S/C13H16BrNOS/c1-9-7-15(8-10(2)17-9)13(16)11-4-3-5-12(14)6-11/h3-6,9-10H,7-8H2,1-2H3. The average Bonchev–Trinajstić information content (AvgIpc) is 2.26. The minimum absolute atomic E-state index is 0.144. The lowest BCUT2D eigenvalue weighted by Gasteiger charge is -2.34. The molecule has 1 aliphatic rings. The van der Waals surface area contributed by atoms with Crippen molar-refractivity contribution in [3.05, 3.63) is 34.3 Å². The van der Waals surface area contributed by atoms with Crippen molar-refractivity contribution in [2.45, 2.75) is 24.3 Å². The fraction of sp³-hybridized carbons (Fsp3) is 0.462. The van der Waals surface area contributed by atoms with Crippen molar-refractivity contribution < 1.29 is 4.79 Å². The zero-order valence-corrected chi connectivity index (χ0v) is 12.4. The summed E-state index contributed by atoms with van der Waals surface area (Å²) in [5, 5.41) is 1.05. The van der Waals surface area contributed by atoms with E-state index in [1.54, 1.807) is 0 Å². The highest BCUT2D eigenvalue weighted by atomic mass is 79.9. The predicted molar refractivity (Wildman–Crippen MR) is 76.6 cm³/mol. The summed E-state index contributed by atoms with van der Waals surface area (Å²) in [5.74, 6) is 0.144. The molecule has 2 atom stereocenters. The van der Waals surface area contributed by atoms with Gasteiger partial charge in [-0.15, -0.1) is 0 Å². The second kappa shape index (κ2) is 5.44. The number of carbonyl (C=O) groups excluding carboxylic acids is 1. The fourth-order valence-corrected chi connectivity index (χ4v) is 3.87. The van der Waals surface area contributed by atoms with Crippen molar-refractivity contribution in [2.24, 2.45) is 0 Å². The Balaban J connectivity index is 2.14. The molecule has 0 radical (unpaired) electrons. The van der Waals surface area contributed by atoms with Crippen LogP contribution in [0.5, 0.6) is 0 Å². The van der Waals surface area contributed by atoms with E-state index in [0.717, 1.165) is 23.1 Å². The van der Waals surface area contributed by atoms with Gasteiger partial charge in [0.2, 0.25) is 0 Å². The SMILES string of the molecule is CC1CN(C(=O)c2cccc(Br)c2)CC(C)S1. The Kier molecular flexibility index (Phi) is 4.15. The maximum absolute atomic E-state index is 12.3. The Morgan fingerprint density at radius 3 is 2.59 bits per heavy atom. The van der Waals surface area contributed by atoms with Gasteiger partial charge < -0.3 is 4.90 Å². The largest absolute Gasteiger partial charge is 0.336 e. The van der Waals surface area contributed by atoms with Crippen LogP contribution in [-0.4, -0.2) is 34.4 Å². The molecule has 2 nitrogen and oxygen atoms in total. The minimum Gasteiger partial charge on any atom is -0.336 e. The number of rotatable bonds is 1. The molecule has 2 unspecified atom stereocenters. The van der Waals surface area contributed by atoms with Crippen LogP contribution in [0.25, 0.3) is 0 Å². The Bertz CT molecular complexity index is 414. The topological polar surface area (TPSA) is 20.3 Å². The van der Waals surface area contributed by atoms with E-state index in [1.165, 1.54) is 0 Å². The van der Waals surface area contributed by atoms with Crippen LogP contribution in [0.1, 0.15) is 24.2 Å². The zero-order chi connectivity index (χ0) is 12.4. The highest BCUT2D eigenvalue weighted by Gasteiger charge is 2.26. The summed E-state index contributed by atoms with van der Waals surface area (Å²) in [4.78, 5) is 14.3. The molecule has 0 saturated carbocycles. The number of hydrogen-bond acceptors (Lipinski definition) is 2. The monoisotopic (exact) mass is 313 g/mol. The highest BCUT2D eigenvalue weighted by molar-refractivity contribution is 9.10. The normalized spacial score (nSPS) is 24.8. The van der Waals surface area contributed by atoms with E-state index in [9.17, 15) is 4.79 Å². The van der Waals surface area contributed by atoms with E-state index in [-0.39, 0.29) is 5.91 Å². The lowest BCUT2D eigenvalue weighted by molar-refractivity contribution is 0.0753. The Morgan fingerprint density at radius 2 is 2.00 bits per heavy atom. The molecule has 1 aromatic rings. The zero-order valence-electron chi connectivity index (χ0n) is 10.0. The first kappa shape index (κ1) is 13.0. The third-order valence-corrected chi connectivity index (χ3v) is 4.50. The summed E-state index contributed by atoms with van der Waals surface area (Å²) in [6.07, 6.45) is 0. The first-order valence-electron chi connectivity index (χ1n) is 5.76. The van der Waals surface area contributed by atoms with Crippen LogP contribution in [-0.2, 0) is 0 Å². The van der Waals surface area contributed by atoms with Crippen LogP contribution < -0.4 is 0 Å². The summed E-state index contributed by atoms with van der Waals surface area (Å²) in [5.41, 5.74) is 0.769. The van der Waals surface area contributed by atoms with Gasteiger partial charge in [0.25, 0.3) is 5.91 Å².